The van der Waals surface area contributed by atoms with Crippen molar-refractivity contribution in [2.24, 2.45) is 0 Å². The van der Waals surface area contributed by atoms with Gasteiger partial charge in [-0.05, 0) is 32.0 Å². The lowest BCUT2D eigenvalue weighted by atomic mass is 10.1. The highest BCUT2D eigenvalue weighted by Gasteiger charge is 2.15. The molecule has 0 amide bonds. The van der Waals surface area contributed by atoms with E-state index in [1.54, 1.807) is 0 Å². The van der Waals surface area contributed by atoms with Gasteiger partial charge in [0.15, 0.2) is 0 Å². The molecular weight excluding hydrogens is 240 g/mol. The van der Waals surface area contributed by atoms with Crippen molar-refractivity contribution in [2.45, 2.75) is 26.4 Å². The molecule has 1 unspecified atom stereocenters. The first-order valence-electron chi connectivity index (χ1n) is 6.38. The zero-order valence-electron chi connectivity index (χ0n) is 11.8. The molecule has 0 aliphatic rings. The maximum atomic E-state index is 5.65. The predicted molar refractivity (Wildman–Crippen MR) is 75.1 cm³/mol. The van der Waals surface area contributed by atoms with Gasteiger partial charge in [-0.2, -0.15) is 0 Å². The molecule has 1 aromatic heterocycles. The van der Waals surface area contributed by atoms with Gasteiger partial charge in [-0.15, -0.1) is 5.10 Å². The van der Waals surface area contributed by atoms with Crippen LogP contribution >= 0.6 is 0 Å². The number of nitrogens with one attached hydrogen (secondary N) is 1. The van der Waals surface area contributed by atoms with E-state index in [2.05, 4.69) is 34.6 Å². The van der Waals surface area contributed by atoms with Gasteiger partial charge in [0, 0.05) is 13.6 Å². The third-order valence-electron chi connectivity index (χ3n) is 3.23. The van der Waals surface area contributed by atoms with E-state index >= 15 is 0 Å². The van der Waals surface area contributed by atoms with Gasteiger partial charge in [-0.1, -0.05) is 29.4 Å². The monoisotopic (exact) mass is 260 g/mol. The summed E-state index contributed by atoms with van der Waals surface area (Å²) in [6.45, 7) is 4.84. The van der Waals surface area contributed by atoms with E-state index in [4.69, 9.17) is 4.42 Å². The first kappa shape index (κ1) is 13.5. The zero-order chi connectivity index (χ0) is 13.8. The summed E-state index contributed by atoms with van der Waals surface area (Å²) in [5, 5.41) is 11.2. The summed E-state index contributed by atoms with van der Waals surface area (Å²) in [5.41, 5.74) is 2.52. The van der Waals surface area contributed by atoms with Crippen molar-refractivity contribution in [3.05, 3.63) is 41.3 Å². The van der Waals surface area contributed by atoms with E-state index in [1.807, 2.05) is 38.1 Å². The Bertz CT molecular complexity index is 538. The van der Waals surface area contributed by atoms with Crippen LogP contribution in [-0.4, -0.2) is 24.3 Å². The van der Waals surface area contributed by atoms with Crippen molar-refractivity contribution in [3.63, 3.8) is 0 Å². The Morgan fingerprint density at radius 1 is 1.32 bits per heavy atom. The maximum Gasteiger partial charge on any atom is 0.318 e. The molecular formula is C14H20N4O. The molecule has 1 N–H and O–H groups in total. The molecule has 0 aliphatic carbocycles. The number of rotatable bonds is 5. The highest BCUT2D eigenvalue weighted by molar-refractivity contribution is 5.31. The fourth-order valence-electron chi connectivity index (χ4n) is 1.79. The Kier molecular flexibility index (Phi) is 4.16. The van der Waals surface area contributed by atoms with Crippen molar-refractivity contribution in [3.8, 4) is 0 Å². The average Bonchev–Trinajstić information content (AvgIpc) is 2.90. The van der Waals surface area contributed by atoms with E-state index in [1.165, 1.54) is 11.1 Å². The minimum absolute atomic E-state index is 0.0631. The topological polar surface area (TPSA) is 54.2 Å². The molecule has 0 spiro atoms. The fourth-order valence-corrected chi connectivity index (χ4v) is 1.79. The van der Waals surface area contributed by atoms with Crippen LogP contribution in [0.3, 0.4) is 0 Å². The van der Waals surface area contributed by atoms with Gasteiger partial charge in [-0.3, -0.25) is 0 Å². The molecule has 0 aliphatic heterocycles. The van der Waals surface area contributed by atoms with Gasteiger partial charge in [-0.25, -0.2) is 0 Å². The summed E-state index contributed by atoms with van der Waals surface area (Å²) in [4.78, 5) is 1.96. The molecule has 1 aromatic carbocycles. The Morgan fingerprint density at radius 2 is 2.05 bits per heavy atom. The van der Waals surface area contributed by atoms with Crippen molar-refractivity contribution in [2.75, 3.05) is 19.0 Å². The molecule has 1 atom stereocenters. The number of hydrogen-bond donors (Lipinski definition) is 1. The number of aromatic nitrogens is 2. The summed E-state index contributed by atoms with van der Waals surface area (Å²) in [6.07, 6.45) is 0. The Balaban J connectivity index is 2.10. The minimum atomic E-state index is 0.0631. The summed E-state index contributed by atoms with van der Waals surface area (Å²) >= 11 is 0. The van der Waals surface area contributed by atoms with Crippen LogP contribution < -0.4 is 10.2 Å². The van der Waals surface area contributed by atoms with Crippen molar-refractivity contribution in [1.29, 1.82) is 0 Å². The smallest absolute Gasteiger partial charge is 0.318 e. The van der Waals surface area contributed by atoms with Crippen LogP contribution in [0.4, 0.5) is 6.01 Å². The molecule has 5 heteroatoms. The lowest BCUT2D eigenvalue weighted by Crippen LogP contribution is -2.17. The van der Waals surface area contributed by atoms with Crippen molar-refractivity contribution >= 4 is 6.01 Å². The lowest BCUT2D eigenvalue weighted by Gasteiger charge is -2.15. The Labute approximate surface area is 113 Å². The van der Waals surface area contributed by atoms with Crippen LogP contribution in [-0.2, 0) is 6.54 Å². The molecule has 5 nitrogen and oxygen atoms in total. The normalized spacial score (nSPS) is 12.4. The number of hydrogen-bond acceptors (Lipinski definition) is 5. The third-order valence-corrected chi connectivity index (χ3v) is 3.23. The molecule has 0 bridgehead atoms. The maximum absolute atomic E-state index is 5.65. The van der Waals surface area contributed by atoms with Crippen LogP contribution in [0.5, 0.6) is 0 Å². The fraction of sp³-hybridized carbons (Fsp3) is 0.429. The summed E-state index contributed by atoms with van der Waals surface area (Å²) < 4.78 is 5.65. The largest absolute Gasteiger partial charge is 0.406 e. The highest BCUT2D eigenvalue weighted by Crippen LogP contribution is 2.18. The van der Waals surface area contributed by atoms with Crippen LogP contribution in [0.15, 0.2) is 28.7 Å². The van der Waals surface area contributed by atoms with E-state index in [-0.39, 0.29) is 6.04 Å². The third kappa shape index (κ3) is 3.12. The van der Waals surface area contributed by atoms with Crippen LogP contribution in [0.1, 0.15) is 30.0 Å². The number of nitrogens with zero attached hydrogens (tertiary/aromatic N) is 3. The first-order chi connectivity index (χ1) is 9.11. The molecule has 0 fully saturated rings. The Morgan fingerprint density at radius 3 is 2.74 bits per heavy atom. The van der Waals surface area contributed by atoms with Gasteiger partial charge in [0.05, 0.1) is 6.04 Å². The zero-order valence-corrected chi connectivity index (χ0v) is 11.8. The number of anilines is 1. The van der Waals surface area contributed by atoms with Crippen LogP contribution in [0.2, 0.25) is 0 Å². The number of benzene rings is 1. The van der Waals surface area contributed by atoms with E-state index in [0.29, 0.717) is 11.9 Å². The van der Waals surface area contributed by atoms with Gasteiger partial charge in [0.1, 0.15) is 0 Å². The van der Waals surface area contributed by atoms with Gasteiger partial charge in [0.25, 0.3) is 0 Å². The molecule has 0 saturated heterocycles. The van der Waals surface area contributed by atoms with Crippen molar-refractivity contribution in [1.82, 2.24) is 15.5 Å². The van der Waals surface area contributed by atoms with E-state index in [0.717, 1.165) is 6.54 Å². The SMILES string of the molecule is CNC(C)c1nnc(N(C)Cc2ccccc2C)o1. The second-order valence-corrected chi connectivity index (χ2v) is 4.72. The average molecular weight is 260 g/mol. The summed E-state index contributed by atoms with van der Waals surface area (Å²) in [7, 11) is 3.82. The molecule has 0 radical (unpaired) electrons. The molecule has 2 aromatic rings. The number of aryl methyl sites for hydroxylation is 1. The van der Waals surface area contributed by atoms with E-state index < -0.39 is 0 Å². The standard InChI is InChI=1S/C14H20N4O/c1-10-7-5-6-8-12(10)9-18(4)14-17-16-13(19-14)11(2)15-3/h5-8,11,15H,9H2,1-4H3. The van der Waals surface area contributed by atoms with Gasteiger partial charge >= 0.3 is 6.01 Å². The molecule has 19 heavy (non-hydrogen) atoms. The molecule has 1 heterocycles. The first-order valence-corrected chi connectivity index (χ1v) is 6.38. The summed E-state index contributed by atoms with van der Waals surface area (Å²) in [6, 6.07) is 8.90. The van der Waals surface area contributed by atoms with Gasteiger partial charge < -0.3 is 14.6 Å². The summed E-state index contributed by atoms with van der Waals surface area (Å²) in [5.74, 6) is 0.606. The predicted octanol–water partition coefficient (Wildman–Crippen LogP) is 2.29. The molecule has 2 rings (SSSR count). The lowest BCUT2D eigenvalue weighted by molar-refractivity contribution is 0.432. The molecule has 102 valence electrons. The van der Waals surface area contributed by atoms with Crippen molar-refractivity contribution < 1.29 is 4.42 Å². The highest BCUT2D eigenvalue weighted by atomic mass is 16.4. The quantitative estimate of drug-likeness (QED) is 0.894. The molecule has 0 saturated carbocycles. The Hall–Kier alpha value is -1.88. The van der Waals surface area contributed by atoms with Crippen LogP contribution in [0, 0.1) is 6.92 Å². The van der Waals surface area contributed by atoms with Crippen LogP contribution in [0.25, 0.3) is 0 Å². The van der Waals surface area contributed by atoms with Gasteiger partial charge in [0.2, 0.25) is 5.89 Å². The second kappa shape index (κ2) is 5.84. The second-order valence-electron chi connectivity index (χ2n) is 4.72. The van der Waals surface area contributed by atoms with E-state index in [9.17, 15) is 0 Å². The minimum Gasteiger partial charge on any atom is -0.406 e.